The van der Waals surface area contributed by atoms with Crippen LogP contribution in [-0.2, 0) is 9.47 Å². The van der Waals surface area contributed by atoms with E-state index in [1.165, 1.54) is 0 Å². The van der Waals surface area contributed by atoms with Gasteiger partial charge in [-0.15, -0.1) is 0 Å². The van der Waals surface area contributed by atoms with Gasteiger partial charge in [-0.2, -0.15) is 0 Å². The fourth-order valence-electron chi connectivity index (χ4n) is 2.33. The van der Waals surface area contributed by atoms with E-state index in [-0.39, 0.29) is 11.6 Å². The lowest BCUT2D eigenvalue weighted by atomic mass is 9.78. The number of carbonyl (C=O) groups is 1. The van der Waals surface area contributed by atoms with Gasteiger partial charge in [0.1, 0.15) is 0 Å². The van der Waals surface area contributed by atoms with Crippen LogP contribution < -0.4 is 5.32 Å². The first-order chi connectivity index (χ1) is 6.71. The highest BCUT2D eigenvalue weighted by molar-refractivity contribution is 5.69. The van der Waals surface area contributed by atoms with Gasteiger partial charge in [0.25, 0.3) is 0 Å². The van der Waals surface area contributed by atoms with Gasteiger partial charge in [0.2, 0.25) is 0 Å². The fraction of sp³-hybridized carbons (Fsp3) is 0.900. The van der Waals surface area contributed by atoms with Gasteiger partial charge in [-0.25, -0.2) is 4.79 Å². The summed E-state index contributed by atoms with van der Waals surface area (Å²) in [5, 5.41) is 2.95. The highest BCUT2D eigenvalue weighted by atomic mass is 16.6. The standard InChI is InChI=1S/C10H17NO3/c1-10(4-7-14-9(12)11-10)8-2-5-13-6-3-8/h8H,2-7H2,1H3,(H,11,12). The second-order valence-electron chi connectivity index (χ2n) is 4.32. The molecule has 0 aromatic carbocycles. The van der Waals surface area contributed by atoms with Gasteiger partial charge in [-0.05, 0) is 25.7 Å². The summed E-state index contributed by atoms with van der Waals surface area (Å²) in [6.07, 6.45) is 2.71. The molecule has 14 heavy (non-hydrogen) atoms. The molecule has 0 saturated carbocycles. The topological polar surface area (TPSA) is 47.6 Å². The minimum absolute atomic E-state index is 0.0842. The number of carbonyl (C=O) groups excluding carboxylic acids is 1. The molecule has 2 saturated heterocycles. The zero-order valence-corrected chi connectivity index (χ0v) is 8.54. The van der Waals surface area contributed by atoms with E-state index in [1.807, 2.05) is 0 Å². The van der Waals surface area contributed by atoms with E-state index in [2.05, 4.69) is 12.2 Å². The molecule has 4 heteroatoms. The summed E-state index contributed by atoms with van der Waals surface area (Å²) in [4.78, 5) is 11.2. The van der Waals surface area contributed by atoms with Gasteiger partial charge >= 0.3 is 6.09 Å². The highest BCUT2D eigenvalue weighted by Crippen LogP contribution is 2.31. The third-order valence-corrected chi connectivity index (χ3v) is 3.36. The summed E-state index contributed by atoms with van der Waals surface area (Å²) in [7, 11) is 0. The van der Waals surface area contributed by atoms with Crippen molar-refractivity contribution in [2.24, 2.45) is 5.92 Å². The van der Waals surface area contributed by atoms with E-state index in [4.69, 9.17) is 9.47 Å². The largest absolute Gasteiger partial charge is 0.449 e. The van der Waals surface area contributed by atoms with Gasteiger partial charge in [0.05, 0.1) is 6.61 Å². The SMILES string of the molecule is CC1(C2CCOCC2)CCOC(=O)N1. The minimum Gasteiger partial charge on any atom is -0.449 e. The number of alkyl carbamates (subject to hydrolysis) is 1. The average Bonchev–Trinajstić information content (AvgIpc) is 2.19. The highest BCUT2D eigenvalue weighted by Gasteiger charge is 2.39. The van der Waals surface area contributed by atoms with Gasteiger partial charge in [-0.3, -0.25) is 0 Å². The van der Waals surface area contributed by atoms with E-state index >= 15 is 0 Å². The van der Waals surface area contributed by atoms with Crippen LogP contribution >= 0.6 is 0 Å². The normalized spacial score (nSPS) is 34.8. The molecule has 1 atom stereocenters. The first-order valence-electron chi connectivity index (χ1n) is 5.23. The summed E-state index contributed by atoms with van der Waals surface area (Å²) < 4.78 is 10.2. The Hall–Kier alpha value is -0.770. The number of cyclic esters (lactones) is 1. The summed E-state index contributed by atoms with van der Waals surface area (Å²) in [6.45, 7) is 4.29. The molecular weight excluding hydrogens is 182 g/mol. The van der Waals surface area contributed by atoms with Crippen LogP contribution in [0.25, 0.3) is 0 Å². The maximum absolute atomic E-state index is 11.2. The molecule has 2 rings (SSSR count). The van der Waals surface area contributed by atoms with E-state index in [0.717, 1.165) is 32.5 Å². The second kappa shape index (κ2) is 3.77. The zero-order valence-electron chi connectivity index (χ0n) is 8.54. The van der Waals surface area contributed by atoms with Crippen molar-refractivity contribution < 1.29 is 14.3 Å². The molecule has 0 aromatic heterocycles. The second-order valence-corrected chi connectivity index (χ2v) is 4.32. The molecule has 2 aliphatic heterocycles. The number of hydrogen-bond donors (Lipinski definition) is 1. The Morgan fingerprint density at radius 2 is 2.07 bits per heavy atom. The van der Waals surface area contributed by atoms with Gasteiger partial charge in [0.15, 0.2) is 0 Å². The predicted molar refractivity (Wildman–Crippen MR) is 51.0 cm³/mol. The molecule has 0 radical (unpaired) electrons. The summed E-state index contributed by atoms with van der Waals surface area (Å²) in [5.74, 6) is 0.532. The van der Waals surface area contributed by atoms with Crippen molar-refractivity contribution in [3.63, 3.8) is 0 Å². The van der Waals surface area contributed by atoms with Crippen molar-refractivity contribution in [1.82, 2.24) is 5.32 Å². The van der Waals surface area contributed by atoms with Gasteiger partial charge in [-0.1, -0.05) is 0 Å². The number of amides is 1. The Kier molecular flexibility index (Phi) is 2.63. The first kappa shape index (κ1) is 9.77. The van der Waals surface area contributed by atoms with E-state index in [1.54, 1.807) is 0 Å². The fourth-order valence-corrected chi connectivity index (χ4v) is 2.33. The Balaban J connectivity index is 2.01. The van der Waals surface area contributed by atoms with E-state index in [0.29, 0.717) is 12.5 Å². The lowest BCUT2D eigenvalue weighted by molar-refractivity contribution is 0.00885. The molecule has 0 spiro atoms. The summed E-state index contributed by atoms with van der Waals surface area (Å²) in [6, 6.07) is 0. The van der Waals surface area contributed by atoms with Crippen LogP contribution in [0.3, 0.4) is 0 Å². The van der Waals surface area contributed by atoms with Crippen molar-refractivity contribution in [2.45, 2.75) is 31.7 Å². The summed E-state index contributed by atoms with van der Waals surface area (Å²) in [5.41, 5.74) is -0.0842. The third kappa shape index (κ3) is 1.85. The van der Waals surface area contributed by atoms with Crippen molar-refractivity contribution in [2.75, 3.05) is 19.8 Å². The number of ether oxygens (including phenoxy) is 2. The van der Waals surface area contributed by atoms with Crippen molar-refractivity contribution in [3.05, 3.63) is 0 Å². The van der Waals surface area contributed by atoms with Gasteiger partial charge < -0.3 is 14.8 Å². The number of hydrogen-bond acceptors (Lipinski definition) is 3. The van der Waals surface area contributed by atoms with Crippen LogP contribution in [0.5, 0.6) is 0 Å². The maximum Gasteiger partial charge on any atom is 0.407 e. The van der Waals surface area contributed by atoms with Crippen molar-refractivity contribution >= 4 is 6.09 Å². The monoisotopic (exact) mass is 199 g/mol. The van der Waals surface area contributed by atoms with Crippen LogP contribution in [0.2, 0.25) is 0 Å². The van der Waals surface area contributed by atoms with Crippen LogP contribution in [0.1, 0.15) is 26.2 Å². The Labute approximate surface area is 84.0 Å². The summed E-state index contributed by atoms with van der Waals surface area (Å²) >= 11 is 0. The minimum atomic E-state index is -0.273. The van der Waals surface area contributed by atoms with Crippen LogP contribution in [0.15, 0.2) is 0 Å². The molecule has 0 aliphatic carbocycles. The molecule has 1 amide bonds. The van der Waals surface area contributed by atoms with E-state index in [9.17, 15) is 4.79 Å². The lowest BCUT2D eigenvalue weighted by Gasteiger charge is -2.42. The van der Waals surface area contributed by atoms with Crippen LogP contribution in [-0.4, -0.2) is 31.5 Å². The quantitative estimate of drug-likeness (QED) is 0.692. The van der Waals surface area contributed by atoms with Crippen molar-refractivity contribution in [3.8, 4) is 0 Å². The van der Waals surface area contributed by atoms with E-state index < -0.39 is 0 Å². The molecule has 2 fully saturated rings. The maximum atomic E-state index is 11.2. The molecule has 0 aromatic rings. The smallest absolute Gasteiger partial charge is 0.407 e. The van der Waals surface area contributed by atoms with Crippen LogP contribution in [0.4, 0.5) is 4.79 Å². The molecule has 1 N–H and O–H groups in total. The molecule has 1 unspecified atom stereocenters. The molecular formula is C10H17NO3. The van der Waals surface area contributed by atoms with Crippen molar-refractivity contribution in [1.29, 1.82) is 0 Å². The Morgan fingerprint density at radius 3 is 2.71 bits per heavy atom. The molecule has 4 nitrogen and oxygen atoms in total. The number of rotatable bonds is 1. The van der Waals surface area contributed by atoms with Gasteiger partial charge in [0, 0.05) is 25.2 Å². The predicted octanol–water partition coefficient (Wildman–Crippen LogP) is 1.30. The average molecular weight is 199 g/mol. The van der Waals surface area contributed by atoms with Crippen LogP contribution in [0, 0.1) is 5.92 Å². The zero-order chi connectivity index (χ0) is 10.0. The molecule has 80 valence electrons. The first-order valence-corrected chi connectivity index (χ1v) is 5.23. The Bertz CT molecular complexity index is 225. The molecule has 2 aliphatic rings. The molecule has 2 heterocycles. The third-order valence-electron chi connectivity index (χ3n) is 3.36. The number of nitrogens with one attached hydrogen (secondary N) is 1. The Morgan fingerprint density at radius 1 is 1.36 bits per heavy atom. The molecule has 0 bridgehead atoms. The lowest BCUT2D eigenvalue weighted by Crippen LogP contribution is -2.56.